The fourth-order valence-corrected chi connectivity index (χ4v) is 3.35. The van der Waals surface area contributed by atoms with Gasteiger partial charge in [0, 0.05) is 31.6 Å². The van der Waals surface area contributed by atoms with Crippen molar-refractivity contribution < 1.29 is 4.74 Å². The first-order valence-corrected chi connectivity index (χ1v) is 8.40. The monoisotopic (exact) mass is 299 g/mol. The molecule has 0 aliphatic carbocycles. The summed E-state index contributed by atoms with van der Waals surface area (Å²) >= 11 is 1.79. The lowest BCUT2D eigenvalue weighted by atomic mass is 10.1. The molecule has 1 aromatic heterocycles. The van der Waals surface area contributed by atoms with Gasteiger partial charge in [0.15, 0.2) is 5.13 Å². The van der Waals surface area contributed by atoms with Gasteiger partial charge in [0.2, 0.25) is 0 Å². The first-order valence-electron chi connectivity index (χ1n) is 7.58. The normalized spacial score (nSPS) is 11.3. The summed E-state index contributed by atoms with van der Waals surface area (Å²) in [4.78, 5) is 8.39. The number of nitrogens with zero attached hydrogens (tertiary/aromatic N) is 2. The maximum Gasteiger partial charge on any atom is 0.185 e. The van der Waals surface area contributed by atoms with Crippen molar-refractivity contribution in [3.8, 4) is 0 Å². The Morgan fingerprint density at radius 3 is 2.55 bits per heavy atom. The van der Waals surface area contributed by atoms with E-state index in [0.717, 1.165) is 43.2 Å². The summed E-state index contributed by atoms with van der Waals surface area (Å²) < 4.78 is 5.28. The lowest BCUT2D eigenvalue weighted by molar-refractivity contribution is 0.181. The molecule has 1 heterocycles. The zero-order valence-electron chi connectivity index (χ0n) is 13.5. The van der Waals surface area contributed by atoms with Crippen LogP contribution in [0.4, 0.5) is 5.13 Å². The summed E-state index contributed by atoms with van der Waals surface area (Å²) in [6.45, 7) is 9.18. The Labute approximate surface area is 127 Å². The van der Waals surface area contributed by atoms with E-state index in [1.165, 1.54) is 4.88 Å². The van der Waals surface area contributed by atoms with Crippen molar-refractivity contribution in [2.24, 2.45) is 0 Å². The van der Waals surface area contributed by atoms with Crippen molar-refractivity contribution in [2.75, 3.05) is 25.6 Å². The van der Waals surface area contributed by atoms with Gasteiger partial charge < -0.3 is 15.0 Å². The maximum absolute atomic E-state index is 5.28. The van der Waals surface area contributed by atoms with Gasteiger partial charge >= 0.3 is 0 Å². The summed E-state index contributed by atoms with van der Waals surface area (Å²) in [5, 5.41) is 4.57. The highest BCUT2D eigenvalue weighted by molar-refractivity contribution is 7.15. The Hall–Kier alpha value is -0.650. The highest BCUT2D eigenvalue weighted by Gasteiger charge is 2.18. The molecule has 5 heteroatoms. The largest absolute Gasteiger partial charge is 0.378 e. The first-order chi connectivity index (χ1) is 9.67. The minimum Gasteiger partial charge on any atom is -0.378 e. The van der Waals surface area contributed by atoms with Gasteiger partial charge in [0.1, 0.15) is 0 Å². The van der Waals surface area contributed by atoms with Crippen molar-refractivity contribution in [3.63, 3.8) is 0 Å². The number of anilines is 1. The molecule has 1 aromatic rings. The van der Waals surface area contributed by atoms with E-state index in [9.17, 15) is 0 Å². The number of hydrogen-bond donors (Lipinski definition) is 1. The smallest absolute Gasteiger partial charge is 0.185 e. The van der Waals surface area contributed by atoms with E-state index < -0.39 is 0 Å². The standard InChI is InChI=1S/C15H29N3OS/c1-6-9-16-10-14-13(11-19-5)17-15(20-14)18(4)12(7-2)8-3/h12,16H,6-11H2,1-5H3. The third-order valence-electron chi connectivity index (χ3n) is 3.55. The predicted molar refractivity (Wildman–Crippen MR) is 87.6 cm³/mol. The molecule has 20 heavy (non-hydrogen) atoms. The summed E-state index contributed by atoms with van der Waals surface area (Å²) in [5.41, 5.74) is 1.08. The summed E-state index contributed by atoms with van der Waals surface area (Å²) in [7, 11) is 3.88. The zero-order valence-corrected chi connectivity index (χ0v) is 14.3. The SMILES string of the molecule is CCCNCc1sc(N(C)C(CC)CC)nc1COC. The van der Waals surface area contributed by atoms with Crippen LogP contribution in [0.5, 0.6) is 0 Å². The van der Waals surface area contributed by atoms with Gasteiger partial charge in [0.25, 0.3) is 0 Å². The second-order valence-electron chi connectivity index (χ2n) is 5.06. The highest BCUT2D eigenvalue weighted by atomic mass is 32.1. The lowest BCUT2D eigenvalue weighted by Crippen LogP contribution is -2.30. The summed E-state index contributed by atoms with van der Waals surface area (Å²) in [5.74, 6) is 0. The number of nitrogens with one attached hydrogen (secondary N) is 1. The van der Waals surface area contributed by atoms with Gasteiger partial charge in [-0.1, -0.05) is 20.8 Å². The lowest BCUT2D eigenvalue weighted by Gasteiger charge is -2.25. The molecule has 0 radical (unpaired) electrons. The minimum absolute atomic E-state index is 0.563. The predicted octanol–water partition coefficient (Wildman–Crippen LogP) is 3.41. The van der Waals surface area contributed by atoms with Crippen LogP contribution in [0.1, 0.15) is 50.6 Å². The molecule has 1 N–H and O–H groups in total. The van der Waals surface area contributed by atoms with Crippen molar-refractivity contribution in [3.05, 3.63) is 10.6 Å². The number of ether oxygens (including phenoxy) is 1. The molecule has 0 amide bonds. The van der Waals surface area contributed by atoms with Crippen LogP contribution in [0.3, 0.4) is 0 Å². The molecular formula is C15H29N3OS. The van der Waals surface area contributed by atoms with Crippen molar-refractivity contribution in [1.82, 2.24) is 10.3 Å². The van der Waals surface area contributed by atoms with Gasteiger partial charge in [0.05, 0.1) is 12.3 Å². The van der Waals surface area contributed by atoms with Crippen LogP contribution in [-0.2, 0) is 17.9 Å². The molecular weight excluding hydrogens is 270 g/mol. The van der Waals surface area contributed by atoms with Gasteiger partial charge in [-0.2, -0.15) is 0 Å². The Morgan fingerprint density at radius 2 is 2.00 bits per heavy atom. The van der Waals surface area contributed by atoms with E-state index in [2.05, 4.69) is 38.0 Å². The number of aromatic nitrogens is 1. The zero-order chi connectivity index (χ0) is 15.0. The summed E-state index contributed by atoms with van der Waals surface area (Å²) in [6.07, 6.45) is 3.45. The van der Waals surface area contributed by atoms with Gasteiger partial charge in [-0.15, -0.1) is 11.3 Å². The van der Waals surface area contributed by atoms with E-state index >= 15 is 0 Å². The second-order valence-corrected chi connectivity index (χ2v) is 6.12. The molecule has 116 valence electrons. The number of thiazole rings is 1. The topological polar surface area (TPSA) is 37.4 Å². The molecule has 0 aliphatic rings. The van der Waals surface area contributed by atoms with Crippen molar-refractivity contribution in [1.29, 1.82) is 0 Å². The molecule has 0 bridgehead atoms. The van der Waals surface area contributed by atoms with E-state index in [4.69, 9.17) is 9.72 Å². The Kier molecular flexibility index (Phi) is 8.11. The van der Waals surface area contributed by atoms with E-state index in [0.29, 0.717) is 12.6 Å². The maximum atomic E-state index is 5.28. The Morgan fingerprint density at radius 1 is 1.30 bits per heavy atom. The molecule has 4 nitrogen and oxygen atoms in total. The Balaban J connectivity index is 2.83. The van der Waals surface area contributed by atoms with Crippen LogP contribution in [0, 0.1) is 0 Å². The number of rotatable bonds is 10. The molecule has 0 saturated heterocycles. The van der Waals surface area contributed by atoms with Crippen LogP contribution in [0.25, 0.3) is 0 Å². The molecule has 0 unspecified atom stereocenters. The third-order valence-corrected chi connectivity index (χ3v) is 4.74. The van der Waals surface area contributed by atoms with Gasteiger partial charge in [-0.25, -0.2) is 4.98 Å². The molecule has 0 fully saturated rings. The number of methoxy groups -OCH3 is 1. The molecule has 0 saturated carbocycles. The second kappa shape index (κ2) is 9.32. The van der Waals surface area contributed by atoms with Crippen molar-refractivity contribution >= 4 is 16.5 Å². The van der Waals surface area contributed by atoms with Gasteiger partial charge in [-0.05, 0) is 25.8 Å². The third kappa shape index (κ3) is 4.72. The molecule has 0 atom stereocenters. The number of hydrogen-bond acceptors (Lipinski definition) is 5. The van der Waals surface area contributed by atoms with Crippen LogP contribution < -0.4 is 10.2 Å². The molecule has 0 aliphatic heterocycles. The average Bonchev–Trinajstić information content (AvgIpc) is 2.84. The molecule has 0 spiro atoms. The van der Waals surface area contributed by atoms with E-state index in [1.807, 2.05) is 0 Å². The average molecular weight is 299 g/mol. The fourth-order valence-electron chi connectivity index (χ4n) is 2.28. The Bertz CT molecular complexity index is 377. The molecule has 1 rings (SSSR count). The minimum atomic E-state index is 0.563. The fraction of sp³-hybridized carbons (Fsp3) is 0.800. The van der Waals surface area contributed by atoms with Crippen LogP contribution in [0.15, 0.2) is 0 Å². The molecule has 0 aromatic carbocycles. The van der Waals surface area contributed by atoms with Crippen LogP contribution in [0.2, 0.25) is 0 Å². The first kappa shape index (κ1) is 17.4. The van der Waals surface area contributed by atoms with E-state index in [-0.39, 0.29) is 0 Å². The highest BCUT2D eigenvalue weighted by Crippen LogP contribution is 2.28. The van der Waals surface area contributed by atoms with E-state index in [1.54, 1.807) is 18.4 Å². The van der Waals surface area contributed by atoms with Crippen LogP contribution >= 0.6 is 11.3 Å². The van der Waals surface area contributed by atoms with Crippen LogP contribution in [-0.4, -0.2) is 31.7 Å². The quantitative estimate of drug-likeness (QED) is 0.672. The van der Waals surface area contributed by atoms with Crippen molar-refractivity contribution in [2.45, 2.75) is 59.2 Å². The summed E-state index contributed by atoms with van der Waals surface area (Å²) in [6, 6.07) is 0.563. The van der Waals surface area contributed by atoms with Gasteiger partial charge in [-0.3, -0.25) is 0 Å².